The summed E-state index contributed by atoms with van der Waals surface area (Å²) in [7, 11) is 1.25. The Labute approximate surface area is 315 Å². The summed E-state index contributed by atoms with van der Waals surface area (Å²) in [6, 6.07) is -0.896. The summed E-state index contributed by atoms with van der Waals surface area (Å²) in [4.78, 5) is 25.2. The number of aliphatic hydroxyl groups is 1. The number of likely N-dealkylation sites (N-methyl/N-ethyl adjacent to an activating group) is 1. The zero-order chi connectivity index (χ0) is 37.9. The molecule has 0 aromatic carbocycles. The largest absolute Gasteiger partial charge is 0.756 e. The summed E-state index contributed by atoms with van der Waals surface area (Å²) in [5.74, 6) is -0.207. The van der Waals surface area contributed by atoms with Crippen molar-refractivity contribution >= 4 is 13.7 Å². The molecule has 1 amide bonds. The van der Waals surface area contributed by atoms with Crippen LogP contribution in [0.5, 0.6) is 0 Å². The first kappa shape index (κ1) is 50.0. The van der Waals surface area contributed by atoms with Crippen molar-refractivity contribution in [1.82, 2.24) is 5.32 Å². The van der Waals surface area contributed by atoms with Crippen LogP contribution in [-0.2, 0) is 18.4 Å². The molecule has 9 heteroatoms. The number of carbonyl (C=O) groups is 1. The molecule has 0 heterocycles. The van der Waals surface area contributed by atoms with Gasteiger partial charge in [0, 0.05) is 6.42 Å². The monoisotopic (exact) mass is 743 g/mol. The summed E-state index contributed by atoms with van der Waals surface area (Å²) in [5.41, 5.74) is 0. The first-order chi connectivity index (χ1) is 24.5. The van der Waals surface area contributed by atoms with Gasteiger partial charge in [-0.05, 0) is 32.1 Å². The maximum atomic E-state index is 12.8. The minimum atomic E-state index is -4.59. The maximum absolute atomic E-state index is 12.8. The van der Waals surface area contributed by atoms with E-state index < -0.39 is 20.0 Å². The Balaban J connectivity index is 4.47. The van der Waals surface area contributed by atoms with Crippen LogP contribution in [0.4, 0.5) is 0 Å². The highest BCUT2D eigenvalue weighted by Gasteiger charge is 2.23. The zero-order valence-corrected chi connectivity index (χ0v) is 35.0. The van der Waals surface area contributed by atoms with E-state index in [-0.39, 0.29) is 19.1 Å². The van der Waals surface area contributed by atoms with E-state index in [1.807, 2.05) is 27.2 Å². The number of nitrogens with one attached hydrogen (secondary N) is 1. The highest BCUT2D eigenvalue weighted by atomic mass is 31.2. The van der Waals surface area contributed by atoms with Crippen LogP contribution in [-0.4, -0.2) is 68.5 Å². The molecule has 302 valence electrons. The first-order valence-corrected chi connectivity index (χ1v) is 22.7. The molecule has 0 bridgehead atoms. The van der Waals surface area contributed by atoms with Crippen molar-refractivity contribution in [2.24, 2.45) is 0 Å². The third kappa shape index (κ3) is 37.1. The van der Waals surface area contributed by atoms with Gasteiger partial charge in [0.2, 0.25) is 5.91 Å². The molecule has 0 saturated carbocycles. The van der Waals surface area contributed by atoms with Gasteiger partial charge in [-0.3, -0.25) is 9.36 Å². The summed E-state index contributed by atoms with van der Waals surface area (Å²) in [6.45, 7) is 4.61. The maximum Gasteiger partial charge on any atom is 0.268 e. The summed E-state index contributed by atoms with van der Waals surface area (Å²) < 4.78 is 23.1. The van der Waals surface area contributed by atoms with Gasteiger partial charge in [-0.25, -0.2) is 0 Å². The molecule has 0 aliphatic rings. The average Bonchev–Trinajstić information content (AvgIpc) is 3.07. The Morgan fingerprint density at radius 2 is 1.10 bits per heavy atom. The Kier molecular flexibility index (Phi) is 34.0. The van der Waals surface area contributed by atoms with E-state index in [4.69, 9.17) is 9.05 Å². The third-order valence-electron chi connectivity index (χ3n) is 9.41. The molecule has 51 heavy (non-hydrogen) atoms. The molecule has 0 aliphatic heterocycles. The van der Waals surface area contributed by atoms with Gasteiger partial charge in [0.25, 0.3) is 7.82 Å². The van der Waals surface area contributed by atoms with Crippen LogP contribution in [0.15, 0.2) is 24.3 Å². The minimum Gasteiger partial charge on any atom is -0.756 e. The molecule has 0 rings (SSSR count). The van der Waals surface area contributed by atoms with E-state index >= 15 is 0 Å². The van der Waals surface area contributed by atoms with Crippen molar-refractivity contribution in [3.63, 3.8) is 0 Å². The number of phosphoric ester groups is 1. The summed E-state index contributed by atoms with van der Waals surface area (Å²) in [5, 5.41) is 13.7. The number of rotatable bonds is 38. The second-order valence-electron chi connectivity index (χ2n) is 15.7. The second kappa shape index (κ2) is 34.7. The van der Waals surface area contributed by atoms with Crippen LogP contribution in [0.2, 0.25) is 0 Å². The van der Waals surface area contributed by atoms with Gasteiger partial charge >= 0.3 is 0 Å². The number of quaternary nitrogens is 1. The van der Waals surface area contributed by atoms with Gasteiger partial charge in [-0.15, -0.1) is 0 Å². The molecular formula is C42H83N2O6P. The van der Waals surface area contributed by atoms with Crippen molar-refractivity contribution in [3.05, 3.63) is 24.3 Å². The lowest BCUT2D eigenvalue weighted by Gasteiger charge is -2.29. The van der Waals surface area contributed by atoms with Gasteiger partial charge < -0.3 is 28.8 Å². The quantitative estimate of drug-likeness (QED) is 0.0282. The second-order valence-corrected chi connectivity index (χ2v) is 17.1. The van der Waals surface area contributed by atoms with Gasteiger partial charge in [0.15, 0.2) is 0 Å². The van der Waals surface area contributed by atoms with E-state index in [2.05, 4.69) is 31.3 Å². The van der Waals surface area contributed by atoms with Crippen molar-refractivity contribution in [1.29, 1.82) is 0 Å². The van der Waals surface area contributed by atoms with Crippen LogP contribution >= 0.6 is 7.82 Å². The van der Waals surface area contributed by atoms with E-state index in [9.17, 15) is 19.4 Å². The van der Waals surface area contributed by atoms with Gasteiger partial charge in [0.1, 0.15) is 13.2 Å². The van der Waals surface area contributed by atoms with Crippen molar-refractivity contribution in [2.45, 2.75) is 199 Å². The fraction of sp³-hybridized carbons (Fsp3) is 0.881. The molecule has 0 saturated heterocycles. The number of aliphatic hydroxyl groups excluding tert-OH is 1. The van der Waals surface area contributed by atoms with Gasteiger partial charge in [-0.2, -0.15) is 0 Å². The van der Waals surface area contributed by atoms with Crippen LogP contribution in [0.25, 0.3) is 0 Å². The number of unbranched alkanes of at least 4 members (excludes halogenated alkanes) is 23. The number of hydrogen-bond acceptors (Lipinski definition) is 6. The molecule has 0 aliphatic carbocycles. The Bertz CT molecular complexity index is 891. The van der Waals surface area contributed by atoms with Crippen molar-refractivity contribution < 1.29 is 32.9 Å². The van der Waals surface area contributed by atoms with Gasteiger partial charge in [0.05, 0.1) is 39.9 Å². The average molecular weight is 743 g/mol. The summed E-state index contributed by atoms with van der Waals surface area (Å²) >= 11 is 0. The molecule has 0 aromatic heterocycles. The molecule has 0 aromatic rings. The first-order valence-electron chi connectivity index (χ1n) is 21.2. The number of nitrogens with zero attached hydrogens (tertiary/aromatic N) is 1. The molecule has 3 atom stereocenters. The van der Waals surface area contributed by atoms with E-state index in [1.54, 1.807) is 6.08 Å². The van der Waals surface area contributed by atoms with Crippen LogP contribution in [0.3, 0.4) is 0 Å². The van der Waals surface area contributed by atoms with Crippen molar-refractivity contribution in [3.8, 4) is 0 Å². The van der Waals surface area contributed by atoms with Crippen LogP contribution in [0, 0.1) is 0 Å². The van der Waals surface area contributed by atoms with Gasteiger partial charge in [-0.1, -0.05) is 173 Å². The van der Waals surface area contributed by atoms with Crippen LogP contribution in [0.1, 0.15) is 187 Å². The molecule has 2 N–H and O–H groups in total. The zero-order valence-electron chi connectivity index (χ0n) is 34.1. The Morgan fingerprint density at radius 3 is 1.59 bits per heavy atom. The molecule has 0 fully saturated rings. The topological polar surface area (TPSA) is 108 Å². The fourth-order valence-corrected chi connectivity index (χ4v) is 6.71. The lowest BCUT2D eigenvalue weighted by atomic mass is 10.0. The molecule has 0 spiro atoms. The predicted octanol–water partition coefficient (Wildman–Crippen LogP) is 10.7. The highest BCUT2D eigenvalue weighted by Crippen LogP contribution is 2.38. The lowest BCUT2D eigenvalue weighted by Crippen LogP contribution is -2.45. The van der Waals surface area contributed by atoms with Crippen molar-refractivity contribution in [2.75, 3.05) is 40.9 Å². The highest BCUT2D eigenvalue weighted by molar-refractivity contribution is 7.45. The third-order valence-corrected chi connectivity index (χ3v) is 10.4. The normalized spacial score (nSPS) is 14.7. The standard InChI is InChI=1S/C42H83N2O6P/c1-6-8-10-12-14-16-18-20-21-22-24-26-28-30-32-34-36-42(46)43-40(39-50-51(47,48)49-38-37-44(3,4)5)41(45)35-33-31-29-27-25-23-19-17-15-13-11-9-7-2/h25,27,33,35,40-41,45H,6-24,26,28-32,34,36-39H2,1-5H3,(H-,43,46,47,48)/b27-25+,35-33+. The smallest absolute Gasteiger partial charge is 0.268 e. The number of carbonyl (C=O) groups excluding carboxylic acids is 1. The predicted molar refractivity (Wildman–Crippen MR) is 215 cm³/mol. The SMILES string of the molecule is CCCCCCCCC/C=C/CC/C=C/C(O)C(COP(=O)([O-])OCC[N+](C)(C)C)NC(=O)CCCCCCCCCCCCCCCCCC. The molecule has 3 unspecified atom stereocenters. The van der Waals surface area contributed by atoms with E-state index in [1.165, 1.54) is 128 Å². The minimum absolute atomic E-state index is 0.00447. The van der Waals surface area contributed by atoms with E-state index in [0.717, 1.165) is 38.5 Å². The number of hydrogen-bond donors (Lipinski definition) is 2. The summed E-state index contributed by atoms with van der Waals surface area (Å²) in [6.07, 6.45) is 39.3. The van der Waals surface area contributed by atoms with E-state index in [0.29, 0.717) is 17.4 Å². The Hall–Kier alpha value is -1.02. The Morgan fingerprint density at radius 1 is 0.667 bits per heavy atom. The number of allylic oxidation sites excluding steroid dienone is 3. The molecule has 8 nitrogen and oxygen atoms in total. The molecule has 0 radical (unpaired) electrons. The number of amides is 1. The number of phosphoric acid groups is 1. The van der Waals surface area contributed by atoms with Crippen LogP contribution < -0.4 is 10.2 Å². The molecular weight excluding hydrogens is 659 g/mol. The fourth-order valence-electron chi connectivity index (χ4n) is 5.99. The lowest BCUT2D eigenvalue weighted by molar-refractivity contribution is -0.870.